The summed E-state index contributed by atoms with van der Waals surface area (Å²) in [6.45, 7) is 14.3. The molecule has 0 unspecified atom stereocenters. The minimum absolute atomic E-state index is 0.0136. The van der Waals surface area contributed by atoms with Crippen LogP contribution in [0.25, 0.3) is 28.0 Å². The van der Waals surface area contributed by atoms with E-state index in [4.69, 9.17) is 4.98 Å². The number of aryl methyl sites for hydroxylation is 1. The molecule has 1 aromatic carbocycles. The summed E-state index contributed by atoms with van der Waals surface area (Å²) < 4.78 is 16.1. The Kier molecular flexibility index (Phi) is 7.61. The molecule has 4 heterocycles. The highest BCUT2D eigenvalue weighted by molar-refractivity contribution is 5.93. The number of carbonyl (C=O) groups is 1. The van der Waals surface area contributed by atoms with Crippen LogP contribution in [-0.4, -0.2) is 56.0 Å². The zero-order valence-corrected chi connectivity index (χ0v) is 24.3. The number of pyridine rings is 2. The summed E-state index contributed by atoms with van der Waals surface area (Å²) in [4.78, 5) is 44.1. The molecule has 0 saturated carbocycles. The number of benzene rings is 1. The van der Waals surface area contributed by atoms with Crippen LogP contribution in [0.5, 0.6) is 0 Å². The van der Waals surface area contributed by atoms with E-state index in [-0.39, 0.29) is 34.8 Å². The predicted molar refractivity (Wildman–Crippen MR) is 160 cm³/mol. The SMILES string of the molecule is C=CC(=O)N1CCN(c2nc(=O)n(-c3c(C)ccnc3C(C)C)c3nc(-c4cccc(F)c4C)c(C#N)cc23)[C@@H](C)C1. The van der Waals surface area contributed by atoms with E-state index in [0.717, 1.165) is 5.56 Å². The van der Waals surface area contributed by atoms with E-state index in [1.165, 1.54) is 16.7 Å². The molecular weight excluding hydrogens is 533 g/mol. The van der Waals surface area contributed by atoms with Gasteiger partial charge in [0.15, 0.2) is 5.65 Å². The Morgan fingerprint density at radius 2 is 1.98 bits per heavy atom. The Hall–Kier alpha value is -4.91. The average Bonchev–Trinajstić information content (AvgIpc) is 2.97. The molecule has 3 aromatic heterocycles. The van der Waals surface area contributed by atoms with E-state index in [2.05, 4.69) is 22.6 Å². The summed E-state index contributed by atoms with van der Waals surface area (Å²) in [5.74, 6) is -0.215. The van der Waals surface area contributed by atoms with E-state index in [1.807, 2.05) is 38.7 Å². The van der Waals surface area contributed by atoms with Crippen LogP contribution in [-0.2, 0) is 4.79 Å². The van der Waals surface area contributed by atoms with Crippen molar-refractivity contribution < 1.29 is 9.18 Å². The van der Waals surface area contributed by atoms with Crippen LogP contribution in [0.3, 0.4) is 0 Å². The van der Waals surface area contributed by atoms with Crippen molar-refractivity contribution in [1.82, 2.24) is 24.4 Å². The molecule has 42 heavy (non-hydrogen) atoms. The molecule has 0 radical (unpaired) electrons. The highest BCUT2D eigenvalue weighted by atomic mass is 19.1. The second-order valence-electron chi connectivity index (χ2n) is 10.9. The zero-order valence-electron chi connectivity index (χ0n) is 24.3. The number of fused-ring (bicyclic) bond motifs is 1. The Labute approximate surface area is 243 Å². The molecule has 0 N–H and O–H groups in total. The number of hydrogen-bond donors (Lipinski definition) is 0. The fourth-order valence-corrected chi connectivity index (χ4v) is 5.59. The van der Waals surface area contributed by atoms with E-state index in [0.29, 0.717) is 53.3 Å². The number of carbonyl (C=O) groups excluding carboxylic acids is 1. The lowest BCUT2D eigenvalue weighted by molar-refractivity contribution is -0.126. The summed E-state index contributed by atoms with van der Waals surface area (Å²) in [7, 11) is 0. The molecule has 0 bridgehead atoms. The average molecular weight is 566 g/mol. The van der Waals surface area contributed by atoms with Gasteiger partial charge in [-0.1, -0.05) is 32.6 Å². The fraction of sp³-hybridized carbons (Fsp3) is 0.312. The first-order valence-electron chi connectivity index (χ1n) is 13.8. The van der Waals surface area contributed by atoms with Crippen molar-refractivity contribution in [3.63, 3.8) is 0 Å². The first-order chi connectivity index (χ1) is 20.1. The van der Waals surface area contributed by atoms with Crippen molar-refractivity contribution in [2.75, 3.05) is 24.5 Å². The van der Waals surface area contributed by atoms with Crippen molar-refractivity contribution in [3.8, 4) is 23.0 Å². The summed E-state index contributed by atoms with van der Waals surface area (Å²) in [6, 6.07) is 10.2. The largest absolute Gasteiger partial charge is 0.355 e. The van der Waals surface area contributed by atoms with Crippen LogP contribution in [0.4, 0.5) is 10.2 Å². The van der Waals surface area contributed by atoms with E-state index >= 15 is 0 Å². The number of anilines is 1. The second kappa shape index (κ2) is 11.2. The van der Waals surface area contributed by atoms with Gasteiger partial charge in [0.1, 0.15) is 17.7 Å². The molecule has 1 amide bonds. The van der Waals surface area contributed by atoms with Gasteiger partial charge in [-0.2, -0.15) is 10.2 Å². The Morgan fingerprint density at radius 1 is 1.21 bits per heavy atom. The maximum absolute atomic E-state index is 14.7. The third kappa shape index (κ3) is 4.81. The van der Waals surface area contributed by atoms with Crippen molar-refractivity contribution in [1.29, 1.82) is 5.26 Å². The number of amides is 1. The molecule has 1 aliphatic rings. The Morgan fingerprint density at radius 3 is 2.64 bits per heavy atom. The number of piperazine rings is 1. The lowest BCUT2D eigenvalue weighted by Crippen LogP contribution is -2.54. The van der Waals surface area contributed by atoms with Crippen LogP contribution in [0, 0.1) is 31.0 Å². The molecule has 0 spiro atoms. The molecule has 4 aromatic rings. The number of rotatable bonds is 5. The van der Waals surface area contributed by atoms with Crippen LogP contribution in [0.15, 0.2) is 54.0 Å². The highest BCUT2D eigenvalue weighted by Crippen LogP contribution is 2.34. The molecular formula is C32H32FN7O2. The van der Waals surface area contributed by atoms with E-state index < -0.39 is 11.5 Å². The molecule has 1 aliphatic heterocycles. The van der Waals surface area contributed by atoms with Gasteiger partial charge in [-0.3, -0.25) is 9.78 Å². The lowest BCUT2D eigenvalue weighted by Gasteiger charge is -2.40. The lowest BCUT2D eigenvalue weighted by atomic mass is 10.00. The minimum Gasteiger partial charge on any atom is -0.350 e. The molecule has 0 aliphatic carbocycles. The number of halogens is 1. The minimum atomic E-state index is -0.550. The monoisotopic (exact) mass is 565 g/mol. The molecule has 214 valence electrons. The topological polar surface area (TPSA) is 108 Å². The summed E-state index contributed by atoms with van der Waals surface area (Å²) in [5.41, 5.74) is 3.14. The first kappa shape index (κ1) is 28.6. The summed E-state index contributed by atoms with van der Waals surface area (Å²) in [6.07, 6.45) is 3.00. The smallest absolute Gasteiger partial charge is 0.350 e. The van der Waals surface area contributed by atoms with Gasteiger partial charge < -0.3 is 9.80 Å². The van der Waals surface area contributed by atoms with Crippen LogP contribution < -0.4 is 10.6 Å². The van der Waals surface area contributed by atoms with Crippen molar-refractivity contribution in [3.05, 3.63) is 87.9 Å². The predicted octanol–water partition coefficient (Wildman–Crippen LogP) is 4.82. The van der Waals surface area contributed by atoms with Crippen LogP contribution in [0.2, 0.25) is 0 Å². The quantitative estimate of drug-likeness (QED) is 0.319. The van der Waals surface area contributed by atoms with Crippen LogP contribution >= 0.6 is 0 Å². The van der Waals surface area contributed by atoms with Gasteiger partial charge in [-0.05, 0) is 62.1 Å². The van der Waals surface area contributed by atoms with Gasteiger partial charge in [0.2, 0.25) is 5.91 Å². The maximum atomic E-state index is 14.7. The molecule has 10 heteroatoms. The van der Waals surface area contributed by atoms with Gasteiger partial charge in [0, 0.05) is 37.4 Å². The number of aromatic nitrogens is 4. The number of hydrogen-bond acceptors (Lipinski definition) is 7. The summed E-state index contributed by atoms with van der Waals surface area (Å²) in [5, 5.41) is 10.7. The molecule has 1 atom stereocenters. The molecule has 9 nitrogen and oxygen atoms in total. The zero-order chi connectivity index (χ0) is 30.3. The summed E-state index contributed by atoms with van der Waals surface area (Å²) >= 11 is 0. The maximum Gasteiger partial charge on any atom is 0.355 e. The van der Waals surface area contributed by atoms with Crippen molar-refractivity contribution in [2.45, 2.75) is 46.6 Å². The van der Waals surface area contributed by atoms with Crippen molar-refractivity contribution >= 4 is 22.8 Å². The Bertz CT molecular complexity index is 1840. The first-order valence-corrected chi connectivity index (χ1v) is 13.8. The second-order valence-corrected chi connectivity index (χ2v) is 10.9. The Balaban J connectivity index is 1.86. The van der Waals surface area contributed by atoms with Gasteiger partial charge in [-0.15, -0.1) is 0 Å². The number of nitrogens with zero attached hydrogens (tertiary/aromatic N) is 7. The van der Waals surface area contributed by atoms with E-state index in [1.54, 1.807) is 36.2 Å². The standard InChI is InChI=1S/C32H32FN7O2/c1-7-26(41)38-13-14-39(20(5)17-38)30-24-15-22(16-34)28(23-9-8-10-25(33)21(23)6)36-31(24)40(32(42)37-30)29-19(4)11-12-35-27(29)18(2)3/h7-12,15,18,20H,1,13-14,17H2,2-6H3/t20-/m0/s1. The molecule has 1 fully saturated rings. The van der Waals surface area contributed by atoms with Gasteiger partial charge >= 0.3 is 5.69 Å². The fourth-order valence-electron chi connectivity index (χ4n) is 5.59. The van der Waals surface area contributed by atoms with Crippen LogP contribution in [0.1, 0.15) is 49.1 Å². The molecule has 1 saturated heterocycles. The highest BCUT2D eigenvalue weighted by Gasteiger charge is 2.30. The van der Waals surface area contributed by atoms with E-state index in [9.17, 15) is 19.2 Å². The molecule has 5 rings (SSSR count). The van der Waals surface area contributed by atoms with Gasteiger partial charge in [0.05, 0.1) is 28.0 Å². The third-order valence-electron chi connectivity index (χ3n) is 7.80. The normalized spacial score (nSPS) is 15.2. The van der Waals surface area contributed by atoms with Crippen molar-refractivity contribution in [2.24, 2.45) is 0 Å². The number of nitriles is 1. The van der Waals surface area contributed by atoms with Gasteiger partial charge in [0.25, 0.3) is 0 Å². The van der Waals surface area contributed by atoms with Gasteiger partial charge in [-0.25, -0.2) is 18.7 Å². The third-order valence-corrected chi connectivity index (χ3v) is 7.80.